The maximum absolute atomic E-state index is 14.0. The Labute approximate surface area is 287 Å². The summed E-state index contributed by atoms with van der Waals surface area (Å²) in [5.41, 5.74) is 0.0764. The molecule has 1 N–H and O–H groups in total. The highest BCUT2D eigenvalue weighted by Crippen LogP contribution is 2.56. The van der Waals surface area contributed by atoms with E-state index in [1.807, 2.05) is 54.6 Å². The highest BCUT2D eigenvalue weighted by atomic mass is 32.2. The van der Waals surface area contributed by atoms with Gasteiger partial charge < -0.3 is 19.3 Å². The number of benzene rings is 4. The van der Waals surface area contributed by atoms with Gasteiger partial charge >= 0.3 is 6.09 Å². The average molecular weight is 670 g/mol. The van der Waals surface area contributed by atoms with E-state index in [1.54, 1.807) is 25.8 Å². The molecule has 2 fully saturated rings. The van der Waals surface area contributed by atoms with Crippen LogP contribution in [0.4, 0.5) is 10.5 Å². The van der Waals surface area contributed by atoms with Crippen LogP contribution in [0.15, 0.2) is 101 Å². The van der Waals surface area contributed by atoms with Crippen molar-refractivity contribution in [1.82, 2.24) is 0 Å². The molecular formula is C39H43NO5S2. The van der Waals surface area contributed by atoms with E-state index in [0.29, 0.717) is 29.3 Å². The molecule has 1 heterocycles. The molecule has 6 atom stereocenters. The number of ether oxygens (including phenoxy) is 3. The third-order valence-corrected chi connectivity index (χ3v) is 11.2. The molecule has 0 radical (unpaired) electrons. The van der Waals surface area contributed by atoms with Gasteiger partial charge in [-0.2, -0.15) is 0 Å². The summed E-state index contributed by atoms with van der Waals surface area (Å²) in [5.74, 6) is -0.00835. The Morgan fingerprint density at radius 2 is 1.64 bits per heavy atom. The summed E-state index contributed by atoms with van der Waals surface area (Å²) in [7, 11) is 1.63. The predicted octanol–water partition coefficient (Wildman–Crippen LogP) is 9.11. The zero-order chi connectivity index (χ0) is 33.3. The molecule has 4 aromatic rings. The van der Waals surface area contributed by atoms with Crippen molar-refractivity contribution in [2.24, 2.45) is 5.92 Å². The van der Waals surface area contributed by atoms with E-state index >= 15 is 0 Å². The summed E-state index contributed by atoms with van der Waals surface area (Å²) >= 11 is 7.25. The third-order valence-electron chi connectivity index (χ3n) is 9.73. The Morgan fingerprint density at radius 3 is 2.32 bits per heavy atom. The molecule has 1 aliphatic carbocycles. The number of hydrogen-bond donors (Lipinski definition) is 1. The number of thiocarbonyl (C=S) groups is 1. The molecule has 1 saturated carbocycles. The van der Waals surface area contributed by atoms with Gasteiger partial charge in [-0.3, -0.25) is 0 Å². The molecule has 246 valence electrons. The second-order valence-corrected chi connectivity index (χ2v) is 14.8. The minimum Gasteiger partial charge on any atom is -0.443 e. The van der Waals surface area contributed by atoms with Crippen molar-refractivity contribution in [3.63, 3.8) is 0 Å². The molecule has 8 heteroatoms. The van der Waals surface area contributed by atoms with Gasteiger partial charge in [-0.1, -0.05) is 96.7 Å². The number of aliphatic hydroxyl groups is 1. The van der Waals surface area contributed by atoms with Gasteiger partial charge in [0.25, 0.3) is 0 Å². The number of carbonyl (C=O) groups is 1. The van der Waals surface area contributed by atoms with Crippen molar-refractivity contribution in [3.8, 4) is 0 Å². The fourth-order valence-electron chi connectivity index (χ4n) is 7.35. The van der Waals surface area contributed by atoms with E-state index < -0.39 is 35.4 Å². The van der Waals surface area contributed by atoms with Crippen LogP contribution in [0.1, 0.15) is 47.0 Å². The van der Waals surface area contributed by atoms with Crippen molar-refractivity contribution < 1.29 is 24.1 Å². The SMILES string of the molecule is COC1C(OC(=O)N(C(C)=S)c2cccc3ccccc23)CCC(O)(CSc2cccc3ccccc23)C1C1(C)OC1CC=C(C)C. The number of rotatable bonds is 9. The quantitative estimate of drug-likeness (QED) is 0.0825. The molecule has 6 rings (SSSR count). The number of anilines is 1. The van der Waals surface area contributed by atoms with Gasteiger partial charge in [0.1, 0.15) is 17.8 Å². The Bertz CT molecular complexity index is 1810. The van der Waals surface area contributed by atoms with Crippen LogP contribution in [0.25, 0.3) is 21.5 Å². The maximum Gasteiger partial charge on any atom is 0.419 e. The highest BCUT2D eigenvalue weighted by molar-refractivity contribution is 7.99. The number of methoxy groups -OCH3 is 1. The highest BCUT2D eigenvalue weighted by Gasteiger charge is 2.67. The lowest BCUT2D eigenvalue weighted by atomic mass is 9.66. The molecule has 4 aromatic carbocycles. The Hall–Kier alpha value is -3.27. The monoisotopic (exact) mass is 669 g/mol. The zero-order valence-electron chi connectivity index (χ0n) is 27.6. The number of thioether (sulfide) groups is 1. The molecule has 6 nitrogen and oxygen atoms in total. The molecule has 0 spiro atoms. The van der Waals surface area contributed by atoms with Crippen LogP contribution in [0.5, 0.6) is 0 Å². The molecule has 1 saturated heterocycles. The predicted molar refractivity (Wildman–Crippen MR) is 195 cm³/mol. The lowest BCUT2D eigenvalue weighted by Gasteiger charge is -2.49. The second kappa shape index (κ2) is 13.7. The number of epoxide rings is 1. The largest absolute Gasteiger partial charge is 0.443 e. The van der Waals surface area contributed by atoms with E-state index in [4.69, 9.17) is 26.4 Å². The van der Waals surface area contributed by atoms with Crippen LogP contribution in [0, 0.1) is 5.92 Å². The van der Waals surface area contributed by atoms with Gasteiger partial charge in [-0.25, -0.2) is 9.69 Å². The summed E-state index contributed by atoms with van der Waals surface area (Å²) in [6.45, 7) is 7.94. The lowest BCUT2D eigenvalue weighted by molar-refractivity contribution is -0.169. The minimum absolute atomic E-state index is 0.0843. The first-order chi connectivity index (χ1) is 22.6. The summed E-state index contributed by atoms with van der Waals surface area (Å²) in [5, 5.41) is 16.8. The zero-order valence-corrected chi connectivity index (χ0v) is 29.3. The van der Waals surface area contributed by atoms with Crippen molar-refractivity contribution >= 4 is 62.3 Å². The number of amides is 1. The molecule has 1 aliphatic heterocycles. The number of fused-ring (bicyclic) bond motifs is 2. The summed E-state index contributed by atoms with van der Waals surface area (Å²) in [6, 6.07) is 28.3. The normalized spacial score (nSPS) is 26.9. The number of nitrogens with zero attached hydrogens (tertiary/aromatic N) is 1. The van der Waals surface area contributed by atoms with Crippen LogP contribution in [0.3, 0.4) is 0 Å². The van der Waals surface area contributed by atoms with Crippen molar-refractivity contribution in [1.29, 1.82) is 0 Å². The average Bonchev–Trinajstić information content (AvgIpc) is 3.73. The molecule has 2 aliphatic rings. The van der Waals surface area contributed by atoms with Gasteiger partial charge in [0.05, 0.1) is 22.4 Å². The topological polar surface area (TPSA) is 71.5 Å². The first-order valence-electron chi connectivity index (χ1n) is 16.2. The van der Waals surface area contributed by atoms with Crippen LogP contribution in [-0.2, 0) is 14.2 Å². The third kappa shape index (κ3) is 6.72. The summed E-state index contributed by atoms with van der Waals surface area (Å²) in [6.07, 6.45) is 1.91. The first kappa shape index (κ1) is 33.6. The van der Waals surface area contributed by atoms with Crippen molar-refractivity contribution in [2.45, 2.75) is 81.4 Å². The summed E-state index contributed by atoms with van der Waals surface area (Å²) < 4.78 is 18.9. The van der Waals surface area contributed by atoms with Crippen LogP contribution in [0.2, 0.25) is 0 Å². The molecule has 0 bridgehead atoms. The van der Waals surface area contributed by atoms with Crippen LogP contribution in [-0.4, -0.2) is 58.6 Å². The van der Waals surface area contributed by atoms with E-state index in [9.17, 15) is 9.90 Å². The van der Waals surface area contributed by atoms with E-state index in [0.717, 1.165) is 32.9 Å². The molecule has 0 aromatic heterocycles. The summed E-state index contributed by atoms with van der Waals surface area (Å²) in [4.78, 5) is 17.0. The van der Waals surface area contributed by atoms with Crippen LogP contribution < -0.4 is 4.90 Å². The van der Waals surface area contributed by atoms with Gasteiger partial charge in [0.2, 0.25) is 0 Å². The molecule has 6 unspecified atom stereocenters. The lowest BCUT2D eigenvalue weighted by Crippen LogP contribution is -2.61. The Morgan fingerprint density at radius 1 is 1.00 bits per heavy atom. The maximum atomic E-state index is 14.0. The smallest absolute Gasteiger partial charge is 0.419 e. The van der Waals surface area contributed by atoms with Gasteiger partial charge in [0, 0.05) is 29.1 Å². The fourth-order valence-corrected chi connectivity index (χ4v) is 8.76. The first-order valence-corrected chi connectivity index (χ1v) is 17.6. The minimum atomic E-state index is -1.14. The molecule has 1 amide bonds. The van der Waals surface area contributed by atoms with E-state index in [-0.39, 0.29) is 6.10 Å². The van der Waals surface area contributed by atoms with Gasteiger partial charge in [-0.15, -0.1) is 11.8 Å². The van der Waals surface area contributed by atoms with E-state index in [1.165, 1.54) is 10.5 Å². The standard InChI is InChI=1S/C39H43NO5S2/c1-25(2)20-21-34-38(4,45-34)36-35(43-5)32(22-23-39(36,42)24-47-33-19-11-15-28-13-7-9-17-30(28)33)44-37(41)40(26(3)46)31-18-10-14-27-12-6-8-16-29(27)31/h6-20,32,34-36,42H,21-24H2,1-5H3. The Balaban J connectivity index is 1.30. The fraction of sp³-hybridized carbons (Fsp3) is 0.385. The molecule has 47 heavy (non-hydrogen) atoms. The Kier molecular flexibility index (Phi) is 9.79. The molecular weight excluding hydrogens is 627 g/mol. The van der Waals surface area contributed by atoms with Crippen LogP contribution >= 0.6 is 24.0 Å². The number of carbonyl (C=O) groups excluding carboxylic acids is 1. The van der Waals surface area contributed by atoms with E-state index in [2.05, 4.69) is 57.2 Å². The van der Waals surface area contributed by atoms with Gasteiger partial charge in [-0.05, 0) is 75.2 Å². The van der Waals surface area contributed by atoms with Gasteiger partial charge in [0.15, 0.2) is 0 Å². The van der Waals surface area contributed by atoms with Crippen molar-refractivity contribution in [2.75, 3.05) is 17.8 Å². The van der Waals surface area contributed by atoms with Crippen molar-refractivity contribution in [3.05, 3.63) is 96.6 Å². The second-order valence-electron chi connectivity index (χ2n) is 13.2. The number of hydrogen-bond acceptors (Lipinski definition) is 7. The number of allylic oxidation sites excluding steroid dienone is 1.